The van der Waals surface area contributed by atoms with Gasteiger partial charge < -0.3 is 5.11 Å². The lowest BCUT2D eigenvalue weighted by Crippen LogP contribution is -2.12. The normalized spacial score (nSPS) is 12.3. The SMILES string of the molecule is CC(C)(C)c1nn2cc(Cl)nc(Cl)c2c1O. The van der Waals surface area contributed by atoms with Gasteiger partial charge in [0.25, 0.3) is 0 Å². The number of hydrogen-bond acceptors (Lipinski definition) is 3. The molecule has 16 heavy (non-hydrogen) atoms. The predicted octanol–water partition coefficient (Wildman–Crippen LogP) is 3.04. The first-order valence-corrected chi connectivity index (χ1v) is 5.50. The summed E-state index contributed by atoms with van der Waals surface area (Å²) >= 11 is 11.7. The summed E-state index contributed by atoms with van der Waals surface area (Å²) in [4.78, 5) is 3.87. The molecule has 6 heteroatoms. The van der Waals surface area contributed by atoms with Crippen LogP contribution in [0.3, 0.4) is 0 Å². The van der Waals surface area contributed by atoms with Crippen LogP contribution in [0.4, 0.5) is 0 Å². The third-order valence-electron chi connectivity index (χ3n) is 2.23. The van der Waals surface area contributed by atoms with E-state index >= 15 is 0 Å². The van der Waals surface area contributed by atoms with Crippen molar-refractivity contribution in [2.75, 3.05) is 0 Å². The van der Waals surface area contributed by atoms with Crippen LogP contribution in [0, 0.1) is 0 Å². The van der Waals surface area contributed by atoms with E-state index in [2.05, 4.69) is 10.1 Å². The fraction of sp³-hybridized carbons (Fsp3) is 0.400. The Kier molecular flexibility index (Phi) is 2.51. The summed E-state index contributed by atoms with van der Waals surface area (Å²) in [5.41, 5.74) is 0.681. The second kappa shape index (κ2) is 3.50. The van der Waals surface area contributed by atoms with E-state index in [1.807, 2.05) is 20.8 Å². The Bertz CT molecular complexity index is 557. The van der Waals surface area contributed by atoms with E-state index in [0.29, 0.717) is 11.2 Å². The number of fused-ring (bicyclic) bond motifs is 1. The maximum Gasteiger partial charge on any atom is 0.168 e. The van der Waals surface area contributed by atoms with Crippen LogP contribution in [0.25, 0.3) is 5.52 Å². The third-order valence-corrected chi connectivity index (χ3v) is 2.67. The Hall–Kier alpha value is -1.00. The largest absolute Gasteiger partial charge is 0.504 e. The van der Waals surface area contributed by atoms with E-state index in [1.54, 1.807) is 0 Å². The van der Waals surface area contributed by atoms with Crippen LogP contribution < -0.4 is 0 Å². The molecule has 86 valence electrons. The van der Waals surface area contributed by atoms with E-state index in [0.717, 1.165) is 0 Å². The van der Waals surface area contributed by atoms with E-state index in [1.165, 1.54) is 10.7 Å². The third kappa shape index (κ3) is 1.72. The Morgan fingerprint density at radius 3 is 2.50 bits per heavy atom. The molecule has 0 aliphatic carbocycles. The van der Waals surface area contributed by atoms with E-state index in [9.17, 15) is 5.11 Å². The van der Waals surface area contributed by atoms with Crippen molar-refractivity contribution in [3.05, 3.63) is 22.2 Å². The first-order chi connectivity index (χ1) is 7.30. The van der Waals surface area contributed by atoms with Gasteiger partial charge in [-0.1, -0.05) is 44.0 Å². The van der Waals surface area contributed by atoms with Crippen molar-refractivity contribution >= 4 is 28.7 Å². The number of rotatable bonds is 0. The molecule has 0 fully saturated rings. The highest BCUT2D eigenvalue weighted by atomic mass is 35.5. The molecule has 2 aromatic heterocycles. The second-order valence-electron chi connectivity index (χ2n) is 4.59. The molecule has 2 aromatic rings. The van der Waals surface area contributed by atoms with Crippen LogP contribution in [0.2, 0.25) is 10.3 Å². The van der Waals surface area contributed by atoms with Crippen molar-refractivity contribution in [2.24, 2.45) is 0 Å². The Morgan fingerprint density at radius 1 is 1.31 bits per heavy atom. The number of aromatic nitrogens is 3. The van der Waals surface area contributed by atoms with Gasteiger partial charge in [-0.3, -0.25) is 0 Å². The van der Waals surface area contributed by atoms with E-state index < -0.39 is 0 Å². The molecule has 0 amide bonds. The minimum atomic E-state index is -0.272. The van der Waals surface area contributed by atoms with Crippen LogP contribution in [-0.2, 0) is 5.41 Å². The fourth-order valence-electron chi connectivity index (χ4n) is 1.49. The number of halogens is 2. The maximum absolute atomic E-state index is 10.0. The maximum atomic E-state index is 10.0. The monoisotopic (exact) mass is 259 g/mol. The van der Waals surface area contributed by atoms with Crippen LogP contribution in [-0.4, -0.2) is 19.7 Å². The molecule has 0 unspecified atom stereocenters. The zero-order valence-corrected chi connectivity index (χ0v) is 10.6. The van der Waals surface area contributed by atoms with Gasteiger partial charge in [0.05, 0.1) is 6.20 Å². The Morgan fingerprint density at radius 2 is 1.94 bits per heavy atom. The second-order valence-corrected chi connectivity index (χ2v) is 5.34. The van der Waals surface area contributed by atoms with Crippen molar-refractivity contribution < 1.29 is 5.11 Å². The van der Waals surface area contributed by atoms with Crippen molar-refractivity contribution in [2.45, 2.75) is 26.2 Å². The molecule has 2 rings (SSSR count). The van der Waals surface area contributed by atoms with E-state index in [-0.39, 0.29) is 21.5 Å². The molecule has 0 aromatic carbocycles. The molecule has 0 bridgehead atoms. The highest BCUT2D eigenvalue weighted by Crippen LogP contribution is 2.35. The molecule has 0 spiro atoms. The molecule has 0 saturated heterocycles. The average molecular weight is 260 g/mol. The summed E-state index contributed by atoms with van der Waals surface area (Å²) in [5, 5.41) is 14.7. The highest BCUT2D eigenvalue weighted by molar-refractivity contribution is 6.34. The summed E-state index contributed by atoms with van der Waals surface area (Å²) in [6.45, 7) is 5.87. The molecule has 0 aliphatic heterocycles. The van der Waals surface area contributed by atoms with Gasteiger partial charge in [-0.05, 0) is 0 Å². The van der Waals surface area contributed by atoms with Crippen LogP contribution in [0.1, 0.15) is 26.5 Å². The molecule has 2 heterocycles. The van der Waals surface area contributed by atoms with Gasteiger partial charge in [0.1, 0.15) is 16.4 Å². The Labute approximate surface area is 103 Å². The quantitative estimate of drug-likeness (QED) is 0.792. The van der Waals surface area contributed by atoms with Crippen molar-refractivity contribution in [1.82, 2.24) is 14.6 Å². The molecule has 0 radical (unpaired) electrons. The summed E-state index contributed by atoms with van der Waals surface area (Å²) in [7, 11) is 0. The lowest BCUT2D eigenvalue weighted by atomic mass is 9.92. The summed E-state index contributed by atoms with van der Waals surface area (Å²) in [5.74, 6) is 0.0571. The first-order valence-electron chi connectivity index (χ1n) is 4.74. The van der Waals surface area contributed by atoms with Crippen molar-refractivity contribution in [1.29, 1.82) is 0 Å². The molecule has 4 nitrogen and oxygen atoms in total. The van der Waals surface area contributed by atoms with Crippen molar-refractivity contribution in [3.8, 4) is 5.75 Å². The van der Waals surface area contributed by atoms with Gasteiger partial charge in [0.15, 0.2) is 10.9 Å². The molecule has 0 atom stereocenters. The lowest BCUT2D eigenvalue weighted by Gasteiger charge is -2.14. The van der Waals surface area contributed by atoms with Gasteiger partial charge in [-0.2, -0.15) is 5.10 Å². The topological polar surface area (TPSA) is 50.4 Å². The van der Waals surface area contributed by atoms with Gasteiger partial charge in [0, 0.05) is 5.41 Å². The lowest BCUT2D eigenvalue weighted by molar-refractivity contribution is 0.448. The molecule has 0 saturated carbocycles. The average Bonchev–Trinajstić information content (AvgIpc) is 2.41. The number of hydrogen-bond donors (Lipinski definition) is 1. The number of aromatic hydroxyl groups is 1. The molecule has 0 aliphatic rings. The zero-order chi connectivity index (χ0) is 12.1. The van der Waals surface area contributed by atoms with Gasteiger partial charge >= 0.3 is 0 Å². The molecule has 1 N–H and O–H groups in total. The number of nitrogens with zero attached hydrogens (tertiary/aromatic N) is 3. The molecular formula is C10H11Cl2N3O. The highest BCUT2D eigenvalue weighted by Gasteiger charge is 2.25. The standard InChI is InChI=1S/C10H11Cl2N3O/c1-10(2,3)8-7(16)6-9(12)13-5(11)4-15(6)14-8/h4,16H,1-3H3. The van der Waals surface area contributed by atoms with Crippen LogP contribution in [0.5, 0.6) is 5.75 Å². The molecular weight excluding hydrogens is 249 g/mol. The van der Waals surface area contributed by atoms with Gasteiger partial charge in [-0.15, -0.1) is 0 Å². The van der Waals surface area contributed by atoms with Crippen LogP contribution >= 0.6 is 23.2 Å². The smallest absolute Gasteiger partial charge is 0.168 e. The van der Waals surface area contributed by atoms with Gasteiger partial charge in [0.2, 0.25) is 0 Å². The Balaban J connectivity index is 2.83. The fourth-order valence-corrected chi connectivity index (χ4v) is 1.98. The summed E-state index contributed by atoms with van der Waals surface area (Å²) in [6.07, 6.45) is 1.51. The van der Waals surface area contributed by atoms with Crippen molar-refractivity contribution in [3.63, 3.8) is 0 Å². The minimum Gasteiger partial charge on any atom is -0.504 e. The summed E-state index contributed by atoms with van der Waals surface area (Å²) in [6, 6.07) is 0. The van der Waals surface area contributed by atoms with Gasteiger partial charge in [-0.25, -0.2) is 9.50 Å². The van der Waals surface area contributed by atoms with E-state index in [4.69, 9.17) is 23.2 Å². The first kappa shape index (κ1) is 11.5. The zero-order valence-electron chi connectivity index (χ0n) is 9.12. The minimum absolute atomic E-state index is 0.0571. The van der Waals surface area contributed by atoms with Crippen LogP contribution in [0.15, 0.2) is 6.20 Å². The predicted molar refractivity (Wildman–Crippen MR) is 63.4 cm³/mol. The summed E-state index contributed by atoms with van der Waals surface area (Å²) < 4.78 is 1.45.